The van der Waals surface area contributed by atoms with Crippen molar-refractivity contribution in [2.24, 2.45) is 22.7 Å². The number of carboxylic acid groups (broad SMARTS) is 1. The number of carbonyl (C=O) groups excluding carboxylic acids is 5. The number of aliphatic carboxylic acids is 1. The number of amides is 1. The van der Waals surface area contributed by atoms with Crippen molar-refractivity contribution in [2.45, 2.75) is 45.1 Å². The number of anilines is 2. The molecular formula is C28H32N2O10. The van der Waals surface area contributed by atoms with Crippen LogP contribution >= 0.6 is 0 Å². The molecule has 5 atom stereocenters. The first-order chi connectivity index (χ1) is 18.5. The molecule has 0 bridgehead atoms. The third-order valence-corrected chi connectivity index (χ3v) is 8.48. The van der Waals surface area contributed by atoms with Gasteiger partial charge >= 0.3 is 12.1 Å². The van der Waals surface area contributed by atoms with Crippen LogP contribution in [0.15, 0.2) is 18.7 Å². The minimum Gasteiger partial charge on any atom is -0.505 e. The average molecular weight is 557 g/mol. The van der Waals surface area contributed by atoms with Gasteiger partial charge in [-0.3, -0.25) is 29.3 Å². The Kier molecular flexibility index (Phi) is 6.90. The van der Waals surface area contributed by atoms with Gasteiger partial charge in [0.2, 0.25) is 0 Å². The topological polar surface area (TPSA) is 188 Å². The molecule has 2 unspecified atom stereocenters. The summed E-state index contributed by atoms with van der Waals surface area (Å²) < 4.78 is 5.03. The van der Waals surface area contributed by atoms with Crippen LogP contribution in [-0.2, 0) is 30.3 Å². The van der Waals surface area contributed by atoms with Crippen LogP contribution in [0.1, 0.15) is 49.0 Å². The number of aliphatic hydroxyl groups is 1. The molecule has 0 aliphatic heterocycles. The zero-order valence-electron chi connectivity index (χ0n) is 22.7. The third-order valence-electron chi connectivity index (χ3n) is 8.48. The second-order valence-corrected chi connectivity index (χ2v) is 11.6. The van der Waals surface area contributed by atoms with Crippen molar-refractivity contribution in [3.8, 4) is 5.75 Å². The first-order valence-corrected chi connectivity index (χ1v) is 12.8. The SMILES string of the molecule is C=CCCOC(=O)Nc1cc(N(C)C)c2c(c1O)C(=O)C1C(=O)[C@@]3(O)C(=O)C(C(=O)O)C(=O)C[C@@]3(C)C[C@@]1(C)C2. The summed E-state index contributed by atoms with van der Waals surface area (Å²) in [6.07, 6.45) is 0.435. The van der Waals surface area contributed by atoms with Crippen molar-refractivity contribution in [1.29, 1.82) is 0 Å². The van der Waals surface area contributed by atoms with Gasteiger partial charge in [-0.05, 0) is 36.3 Å². The van der Waals surface area contributed by atoms with Crippen molar-refractivity contribution < 1.29 is 48.8 Å². The third kappa shape index (κ3) is 4.00. The number of phenols is 1. The number of rotatable bonds is 6. The Morgan fingerprint density at radius 1 is 1.18 bits per heavy atom. The summed E-state index contributed by atoms with van der Waals surface area (Å²) in [5.74, 6) is -10.7. The van der Waals surface area contributed by atoms with E-state index in [0.29, 0.717) is 17.7 Å². The number of carboxylic acids is 1. The number of carbonyl (C=O) groups is 6. The lowest BCUT2D eigenvalue weighted by Crippen LogP contribution is -2.73. The molecule has 3 aliphatic carbocycles. The van der Waals surface area contributed by atoms with Gasteiger partial charge in [0.1, 0.15) is 5.75 Å². The van der Waals surface area contributed by atoms with Crippen molar-refractivity contribution in [3.05, 3.63) is 29.8 Å². The highest BCUT2D eigenvalue weighted by atomic mass is 16.5. The summed E-state index contributed by atoms with van der Waals surface area (Å²) in [5, 5.41) is 34.7. The molecule has 40 heavy (non-hydrogen) atoms. The standard InChI is InChI=1S/C28H32N2O10/c1-6-7-8-40-25(38)29-14-9-15(30(4)5)13-10-26(2)12-27(3)11-16(31)18(24(36)37)22(34)28(27,39)23(35)19(26)21(33)17(13)20(14)32/h6,9,18-19,32,39H,1,7-8,10-12H2,2-5H3,(H,29,38)(H,36,37)/t18?,19?,26-,27+,28+/m1/s1. The van der Waals surface area contributed by atoms with Gasteiger partial charge in [-0.25, -0.2) is 4.79 Å². The number of nitrogens with zero attached hydrogens (tertiary/aromatic N) is 1. The van der Waals surface area contributed by atoms with E-state index in [1.807, 2.05) is 0 Å². The Bertz CT molecular complexity index is 1380. The zero-order chi connectivity index (χ0) is 29.9. The summed E-state index contributed by atoms with van der Waals surface area (Å²) >= 11 is 0. The lowest BCUT2D eigenvalue weighted by Gasteiger charge is -2.58. The molecule has 12 nitrogen and oxygen atoms in total. The van der Waals surface area contributed by atoms with Crippen LogP contribution in [0.5, 0.6) is 5.75 Å². The monoisotopic (exact) mass is 556 g/mol. The maximum absolute atomic E-state index is 14.1. The van der Waals surface area contributed by atoms with Crippen LogP contribution in [0.2, 0.25) is 0 Å². The predicted octanol–water partition coefficient (Wildman–Crippen LogP) is 1.90. The maximum Gasteiger partial charge on any atom is 0.411 e. The number of nitrogens with one attached hydrogen (secondary N) is 1. The van der Waals surface area contributed by atoms with Gasteiger partial charge in [-0.2, -0.15) is 0 Å². The van der Waals surface area contributed by atoms with Crippen LogP contribution in [0.4, 0.5) is 16.2 Å². The first kappa shape index (κ1) is 28.9. The lowest BCUT2D eigenvalue weighted by molar-refractivity contribution is -0.195. The highest BCUT2D eigenvalue weighted by Crippen LogP contribution is 2.62. The Morgan fingerprint density at radius 3 is 2.40 bits per heavy atom. The Hall–Kier alpha value is -4.06. The summed E-state index contributed by atoms with van der Waals surface area (Å²) in [5.41, 5.74) is -5.30. The molecule has 1 amide bonds. The lowest BCUT2D eigenvalue weighted by atomic mass is 9.43. The molecule has 2 saturated carbocycles. The summed E-state index contributed by atoms with van der Waals surface area (Å²) in [7, 11) is 3.38. The number of ether oxygens (including phenoxy) is 1. The summed E-state index contributed by atoms with van der Waals surface area (Å²) in [6.45, 7) is 6.59. The van der Waals surface area contributed by atoms with E-state index in [0.717, 1.165) is 0 Å². The maximum atomic E-state index is 14.1. The minimum atomic E-state index is -2.90. The van der Waals surface area contributed by atoms with E-state index in [-0.39, 0.29) is 30.7 Å². The highest BCUT2D eigenvalue weighted by molar-refractivity contribution is 6.31. The fraction of sp³-hybridized carbons (Fsp3) is 0.500. The molecular weight excluding hydrogens is 524 g/mol. The molecule has 0 spiro atoms. The molecule has 3 aliphatic rings. The van der Waals surface area contributed by atoms with E-state index < -0.39 is 75.6 Å². The van der Waals surface area contributed by atoms with Gasteiger partial charge in [0.15, 0.2) is 34.7 Å². The van der Waals surface area contributed by atoms with E-state index in [9.17, 15) is 44.1 Å². The molecule has 0 heterocycles. The summed E-state index contributed by atoms with van der Waals surface area (Å²) in [4.78, 5) is 79.7. The molecule has 1 aromatic rings. The molecule has 0 aromatic heterocycles. The Labute approximate surface area is 230 Å². The molecule has 1 aromatic carbocycles. The average Bonchev–Trinajstić information content (AvgIpc) is 2.82. The molecule has 0 radical (unpaired) electrons. The number of hydrogen-bond donors (Lipinski definition) is 4. The van der Waals surface area contributed by atoms with Crippen molar-refractivity contribution in [2.75, 3.05) is 30.9 Å². The summed E-state index contributed by atoms with van der Waals surface area (Å²) in [6, 6.07) is 1.47. The number of Topliss-reactive ketones (excluding diaryl/α,β-unsaturated/α-hetero) is 4. The Morgan fingerprint density at radius 2 is 1.82 bits per heavy atom. The zero-order valence-corrected chi connectivity index (χ0v) is 22.7. The van der Waals surface area contributed by atoms with Crippen LogP contribution < -0.4 is 10.2 Å². The van der Waals surface area contributed by atoms with Gasteiger partial charge in [0.25, 0.3) is 0 Å². The fourth-order valence-electron chi connectivity index (χ4n) is 6.81. The second-order valence-electron chi connectivity index (χ2n) is 11.6. The molecule has 4 N–H and O–H groups in total. The van der Waals surface area contributed by atoms with Crippen molar-refractivity contribution >= 4 is 46.6 Å². The predicted molar refractivity (Wildman–Crippen MR) is 140 cm³/mol. The number of benzene rings is 1. The molecule has 0 saturated heterocycles. The molecule has 12 heteroatoms. The van der Waals surface area contributed by atoms with Gasteiger partial charge in [-0.15, -0.1) is 6.58 Å². The largest absolute Gasteiger partial charge is 0.505 e. The molecule has 4 rings (SSSR count). The van der Waals surface area contributed by atoms with E-state index >= 15 is 0 Å². The van der Waals surface area contributed by atoms with Gasteiger partial charge in [-0.1, -0.05) is 19.9 Å². The van der Waals surface area contributed by atoms with Crippen LogP contribution in [0.3, 0.4) is 0 Å². The number of fused-ring (bicyclic) bond motifs is 3. The second kappa shape index (κ2) is 9.54. The number of aromatic hydroxyl groups is 1. The minimum absolute atomic E-state index is 0.0284. The number of phenolic OH excluding ortho intramolecular Hbond substituents is 1. The quantitative estimate of drug-likeness (QED) is 0.173. The van der Waals surface area contributed by atoms with Crippen molar-refractivity contribution in [3.63, 3.8) is 0 Å². The first-order valence-electron chi connectivity index (χ1n) is 12.8. The highest BCUT2D eigenvalue weighted by Gasteiger charge is 2.73. The van der Waals surface area contributed by atoms with E-state index in [1.54, 1.807) is 32.0 Å². The fourth-order valence-corrected chi connectivity index (χ4v) is 6.81. The number of ketones is 4. The van der Waals surface area contributed by atoms with Crippen LogP contribution in [0.25, 0.3) is 0 Å². The van der Waals surface area contributed by atoms with Gasteiger partial charge in [0, 0.05) is 31.6 Å². The molecule has 214 valence electrons. The van der Waals surface area contributed by atoms with E-state index in [1.165, 1.54) is 13.0 Å². The van der Waals surface area contributed by atoms with Gasteiger partial charge in [0.05, 0.1) is 23.8 Å². The molecule has 2 fully saturated rings. The smallest absolute Gasteiger partial charge is 0.411 e. The van der Waals surface area contributed by atoms with E-state index in [2.05, 4.69) is 11.9 Å². The van der Waals surface area contributed by atoms with Gasteiger partial charge < -0.3 is 25.0 Å². The normalized spacial score (nSPS) is 31.0. The number of hydrogen-bond acceptors (Lipinski definition) is 10. The van der Waals surface area contributed by atoms with E-state index in [4.69, 9.17) is 4.74 Å². The van der Waals surface area contributed by atoms with Crippen LogP contribution in [0, 0.1) is 22.7 Å². The van der Waals surface area contributed by atoms with Crippen molar-refractivity contribution in [1.82, 2.24) is 0 Å². The van der Waals surface area contributed by atoms with Crippen LogP contribution in [-0.4, -0.2) is 76.8 Å². The Balaban J connectivity index is 1.85.